The van der Waals surface area contributed by atoms with Crippen LogP contribution in [0.3, 0.4) is 0 Å². The van der Waals surface area contributed by atoms with Gasteiger partial charge in [-0.15, -0.1) is 10.2 Å². The van der Waals surface area contributed by atoms with Crippen molar-refractivity contribution < 1.29 is 0 Å². The Morgan fingerprint density at radius 1 is 1.35 bits per heavy atom. The first-order valence-corrected chi connectivity index (χ1v) is 5.58. The van der Waals surface area contributed by atoms with Crippen LogP contribution in [0.25, 0.3) is 0 Å². The predicted molar refractivity (Wildman–Crippen MR) is 64.5 cm³/mol. The van der Waals surface area contributed by atoms with Crippen LogP contribution in [0.1, 0.15) is 11.4 Å². The Hall–Kier alpha value is -2.11. The van der Waals surface area contributed by atoms with E-state index in [0.29, 0.717) is 6.54 Å². The van der Waals surface area contributed by atoms with Crippen molar-refractivity contribution in [1.82, 2.24) is 19.7 Å². The van der Waals surface area contributed by atoms with Gasteiger partial charge in [0.1, 0.15) is 6.33 Å². The number of anilines is 2. The molecule has 2 aromatic heterocycles. The Labute approximate surface area is 99.1 Å². The first-order chi connectivity index (χ1) is 8.24. The van der Waals surface area contributed by atoms with Crippen molar-refractivity contribution in [2.45, 2.75) is 20.0 Å². The van der Waals surface area contributed by atoms with Crippen molar-refractivity contribution in [2.75, 3.05) is 17.2 Å². The highest BCUT2D eigenvalue weighted by Crippen LogP contribution is 2.24. The molecule has 3 rings (SSSR count). The molecule has 17 heavy (non-hydrogen) atoms. The molecule has 2 aromatic rings. The molecule has 0 bridgehead atoms. The van der Waals surface area contributed by atoms with Gasteiger partial charge in [-0.3, -0.25) is 0 Å². The summed E-state index contributed by atoms with van der Waals surface area (Å²) in [6, 6.07) is 1.95. The number of pyridine rings is 1. The summed E-state index contributed by atoms with van der Waals surface area (Å²) in [4.78, 5) is 6.54. The minimum Gasteiger partial charge on any atom is -0.396 e. The molecule has 0 saturated carbocycles. The van der Waals surface area contributed by atoms with Gasteiger partial charge in [-0.25, -0.2) is 4.98 Å². The molecule has 0 radical (unpaired) electrons. The summed E-state index contributed by atoms with van der Waals surface area (Å²) >= 11 is 0. The molecule has 0 unspecified atom stereocenters. The smallest absolute Gasteiger partial charge is 0.152 e. The lowest BCUT2D eigenvalue weighted by Crippen LogP contribution is -2.34. The Bertz CT molecular complexity index is 547. The summed E-state index contributed by atoms with van der Waals surface area (Å²) < 4.78 is 2.06. The maximum atomic E-state index is 6.00. The van der Waals surface area contributed by atoms with Gasteiger partial charge in [0.05, 0.1) is 12.2 Å². The highest BCUT2D eigenvalue weighted by Gasteiger charge is 2.20. The lowest BCUT2D eigenvalue weighted by atomic mass is 10.2. The Morgan fingerprint density at radius 2 is 2.24 bits per heavy atom. The van der Waals surface area contributed by atoms with E-state index in [-0.39, 0.29) is 0 Å². The molecule has 88 valence electrons. The van der Waals surface area contributed by atoms with Gasteiger partial charge in [0.15, 0.2) is 11.6 Å². The standard InChI is InChI=1S/C11H14N6/c1-8-4-9(12)11(13-5-8)16-2-3-17-7-14-15-10(17)6-16/h4-5,7H,2-3,6,12H2,1H3. The van der Waals surface area contributed by atoms with Crippen LogP contribution in [0.5, 0.6) is 0 Å². The third kappa shape index (κ3) is 1.71. The van der Waals surface area contributed by atoms with E-state index in [4.69, 9.17) is 5.73 Å². The zero-order chi connectivity index (χ0) is 11.8. The molecule has 3 heterocycles. The molecule has 1 aliphatic rings. The molecular formula is C11H14N6. The monoisotopic (exact) mass is 230 g/mol. The van der Waals surface area contributed by atoms with Gasteiger partial charge >= 0.3 is 0 Å². The van der Waals surface area contributed by atoms with Crippen LogP contribution in [0.15, 0.2) is 18.6 Å². The first-order valence-electron chi connectivity index (χ1n) is 5.58. The van der Waals surface area contributed by atoms with Crippen LogP contribution in [-0.4, -0.2) is 26.3 Å². The molecule has 0 fully saturated rings. The number of nitrogens with two attached hydrogens (primary N) is 1. The third-order valence-electron chi connectivity index (χ3n) is 2.97. The van der Waals surface area contributed by atoms with Crippen molar-refractivity contribution >= 4 is 11.5 Å². The lowest BCUT2D eigenvalue weighted by Gasteiger charge is -2.28. The second-order valence-electron chi connectivity index (χ2n) is 4.29. The Morgan fingerprint density at radius 3 is 3.06 bits per heavy atom. The van der Waals surface area contributed by atoms with Crippen LogP contribution in [-0.2, 0) is 13.1 Å². The molecule has 0 amide bonds. The summed E-state index contributed by atoms with van der Waals surface area (Å²) in [5.74, 6) is 1.79. The highest BCUT2D eigenvalue weighted by molar-refractivity contribution is 5.63. The Kier molecular flexibility index (Phi) is 2.21. The second-order valence-corrected chi connectivity index (χ2v) is 4.29. The van der Waals surface area contributed by atoms with Crippen LogP contribution in [0.4, 0.5) is 11.5 Å². The topological polar surface area (TPSA) is 72.9 Å². The van der Waals surface area contributed by atoms with Crippen molar-refractivity contribution in [2.24, 2.45) is 0 Å². The minimum absolute atomic E-state index is 0.709. The molecule has 6 nitrogen and oxygen atoms in total. The number of aromatic nitrogens is 4. The molecule has 0 aliphatic carbocycles. The van der Waals surface area contributed by atoms with Crippen LogP contribution < -0.4 is 10.6 Å². The maximum Gasteiger partial charge on any atom is 0.152 e. The van der Waals surface area contributed by atoms with Crippen LogP contribution >= 0.6 is 0 Å². The molecule has 1 aliphatic heterocycles. The molecule has 0 saturated heterocycles. The van der Waals surface area contributed by atoms with E-state index in [1.165, 1.54) is 0 Å². The van der Waals surface area contributed by atoms with E-state index in [1.54, 1.807) is 6.33 Å². The van der Waals surface area contributed by atoms with Crippen molar-refractivity contribution in [3.05, 3.63) is 30.0 Å². The van der Waals surface area contributed by atoms with Crippen LogP contribution in [0.2, 0.25) is 0 Å². The van der Waals surface area contributed by atoms with Crippen molar-refractivity contribution in [1.29, 1.82) is 0 Å². The van der Waals surface area contributed by atoms with Gasteiger partial charge in [0.25, 0.3) is 0 Å². The van der Waals surface area contributed by atoms with Gasteiger partial charge in [-0.1, -0.05) is 0 Å². The number of rotatable bonds is 1. The second kappa shape index (κ2) is 3.73. The summed E-state index contributed by atoms with van der Waals surface area (Å²) in [7, 11) is 0. The number of fused-ring (bicyclic) bond motifs is 1. The van der Waals surface area contributed by atoms with E-state index in [9.17, 15) is 0 Å². The summed E-state index contributed by atoms with van der Waals surface area (Å²) in [5, 5.41) is 7.99. The van der Waals surface area contributed by atoms with Crippen LogP contribution in [0, 0.1) is 6.92 Å². The zero-order valence-corrected chi connectivity index (χ0v) is 9.67. The number of hydrogen-bond donors (Lipinski definition) is 1. The van der Waals surface area contributed by atoms with E-state index in [1.807, 2.05) is 19.2 Å². The van der Waals surface area contributed by atoms with E-state index < -0.39 is 0 Å². The summed E-state index contributed by atoms with van der Waals surface area (Å²) in [6.45, 7) is 4.45. The molecule has 6 heteroatoms. The number of nitrogen functional groups attached to an aromatic ring is 1. The van der Waals surface area contributed by atoms with Crippen molar-refractivity contribution in [3.63, 3.8) is 0 Å². The molecule has 2 N–H and O–H groups in total. The number of hydrogen-bond acceptors (Lipinski definition) is 5. The fourth-order valence-corrected chi connectivity index (χ4v) is 2.10. The maximum absolute atomic E-state index is 6.00. The lowest BCUT2D eigenvalue weighted by molar-refractivity contribution is 0.556. The van der Waals surface area contributed by atoms with E-state index in [2.05, 4.69) is 24.6 Å². The summed E-state index contributed by atoms with van der Waals surface area (Å²) in [5.41, 5.74) is 7.80. The van der Waals surface area contributed by atoms with E-state index >= 15 is 0 Å². The average molecular weight is 230 g/mol. The van der Waals surface area contributed by atoms with Gasteiger partial charge in [-0.2, -0.15) is 0 Å². The fourth-order valence-electron chi connectivity index (χ4n) is 2.10. The SMILES string of the molecule is Cc1cnc(N2CCn3cnnc3C2)c(N)c1. The molecule has 0 atom stereocenters. The number of nitrogens with zero attached hydrogens (tertiary/aromatic N) is 5. The number of aryl methyl sites for hydroxylation is 1. The molecule has 0 aromatic carbocycles. The highest BCUT2D eigenvalue weighted by atomic mass is 15.3. The molecule has 0 spiro atoms. The normalized spacial score (nSPS) is 14.8. The van der Waals surface area contributed by atoms with E-state index in [0.717, 1.165) is 36.0 Å². The molecular weight excluding hydrogens is 216 g/mol. The minimum atomic E-state index is 0.709. The largest absolute Gasteiger partial charge is 0.396 e. The Balaban J connectivity index is 1.91. The fraction of sp³-hybridized carbons (Fsp3) is 0.364. The summed E-state index contributed by atoms with van der Waals surface area (Å²) in [6.07, 6.45) is 3.60. The van der Waals surface area contributed by atoms with Gasteiger partial charge in [0, 0.05) is 19.3 Å². The van der Waals surface area contributed by atoms with Crippen molar-refractivity contribution in [3.8, 4) is 0 Å². The quantitative estimate of drug-likeness (QED) is 0.776. The van der Waals surface area contributed by atoms with Gasteiger partial charge in [0.2, 0.25) is 0 Å². The zero-order valence-electron chi connectivity index (χ0n) is 9.67. The first kappa shape index (κ1) is 10.1. The van der Waals surface area contributed by atoms with Gasteiger partial charge in [-0.05, 0) is 18.6 Å². The van der Waals surface area contributed by atoms with Gasteiger partial charge < -0.3 is 15.2 Å². The predicted octanol–water partition coefficient (Wildman–Crippen LogP) is 0.584. The third-order valence-corrected chi connectivity index (χ3v) is 2.97. The average Bonchev–Trinajstić information content (AvgIpc) is 2.75.